The monoisotopic (exact) mass is 259 g/mol. The third kappa shape index (κ3) is 4.58. The van der Waals surface area contributed by atoms with Gasteiger partial charge in [0.05, 0.1) is 12.5 Å². The Morgan fingerprint density at radius 3 is 2.82 bits per heavy atom. The Hall–Kier alpha value is -0.710. The first-order valence-corrected chi connectivity index (χ1v) is 7.29. The number of hydrogen-bond acceptors (Lipinski definition) is 3. The van der Waals surface area contributed by atoms with Gasteiger partial charge in [-0.3, -0.25) is 9.59 Å². The maximum Gasteiger partial charge on any atom is 0.305 e. The Morgan fingerprint density at radius 2 is 2.24 bits per heavy atom. The van der Waals surface area contributed by atoms with Crippen molar-refractivity contribution in [1.29, 1.82) is 0 Å². The van der Waals surface area contributed by atoms with Crippen molar-refractivity contribution in [3.63, 3.8) is 0 Å². The van der Waals surface area contributed by atoms with Gasteiger partial charge in [-0.2, -0.15) is 11.8 Å². The highest BCUT2D eigenvalue weighted by Gasteiger charge is 2.28. The number of carboxylic acids is 1. The van der Waals surface area contributed by atoms with Crippen LogP contribution in [0, 0.1) is 5.92 Å². The molecule has 0 spiro atoms. The van der Waals surface area contributed by atoms with Crippen LogP contribution in [0.2, 0.25) is 0 Å². The summed E-state index contributed by atoms with van der Waals surface area (Å²) in [5.41, 5.74) is 0. The number of amides is 1. The Labute approximate surface area is 107 Å². The molecule has 17 heavy (non-hydrogen) atoms. The van der Waals surface area contributed by atoms with Crippen molar-refractivity contribution >= 4 is 23.6 Å². The Morgan fingerprint density at radius 1 is 1.53 bits per heavy atom. The van der Waals surface area contributed by atoms with E-state index in [4.69, 9.17) is 5.11 Å². The molecule has 1 saturated heterocycles. The van der Waals surface area contributed by atoms with Crippen molar-refractivity contribution in [3.05, 3.63) is 0 Å². The zero-order valence-corrected chi connectivity index (χ0v) is 11.3. The maximum absolute atomic E-state index is 12.1. The Bertz CT molecular complexity index is 283. The van der Waals surface area contributed by atoms with E-state index in [0.29, 0.717) is 18.9 Å². The molecule has 98 valence electrons. The predicted octanol–water partition coefficient (Wildman–Crippen LogP) is 1.84. The van der Waals surface area contributed by atoms with Gasteiger partial charge in [0, 0.05) is 24.5 Å². The SMILES string of the molecule is CCC(C)CC(=O)N1CCSCC1CC(=O)O. The summed E-state index contributed by atoms with van der Waals surface area (Å²) in [7, 11) is 0. The molecule has 0 bridgehead atoms. The fraction of sp³-hybridized carbons (Fsp3) is 0.833. The van der Waals surface area contributed by atoms with Crippen LogP contribution < -0.4 is 0 Å². The normalized spacial score (nSPS) is 22.2. The largest absolute Gasteiger partial charge is 0.481 e. The third-order valence-corrected chi connectivity index (χ3v) is 4.27. The van der Waals surface area contributed by atoms with Crippen molar-refractivity contribution in [2.75, 3.05) is 18.1 Å². The standard InChI is InChI=1S/C12H21NO3S/c1-3-9(2)6-11(14)13-4-5-17-8-10(13)7-12(15)16/h9-10H,3-8H2,1-2H3,(H,15,16). The van der Waals surface area contributed by atoms with Gasteiger partial charge in [-0.15, -0.1) is 0 Å². The summed E-state index contributed by atoms with van der Waals surface area (Å²) in [6.45, 7) is 4.82. The predicted molar refractivity (Wildman–Crippen MR) is 69.2 cm³/mol. The first kappa shape index (κ1) is 14.4. The molecule has 2 atom stereocenters. The second kappa shape index (κ2) is 6.89. The van der Waals surface area contributed by atoms with Gasteiger partial charge < -0.3 is 10.0 Å². The smallest absolute Gasteiger partial charge is 0.305 e. The van der Waals surface area contributed by atoms with Gasteiger partial charge in [0.25, 0.3) is 0 Å². The highest BCUT2D eigenvalue weighted by atomic mass is 32.2. The summed E-state index contributed by atoms with van der Waals surface area (Å²) in [6.07, 6.45) is 1.59. The molecule has 0 aromatic heterocycles. The van der Waals surface area contributed by atoms with E-state index in [1.165, 1.54) is 0 Å². The summed E-state index contributed by atoms with van der Waals surface area (Å²) >= 11 is 1.73. The number of rotatable bonds is 5. The third-order valence-electron chi connectivity index (χ3n) is 3.18. The van der Waals surface area contributed by atoms with Gasteiger partial charge in [0.2, 0.25) is 5.91 Å². The number of nitrogens with zero attached hydrogens (tertiary/aromatic N) is 1. The molecule has 0 aromatic carbocycles. The molecule has 1 heterocycles. The van der Waals surface area contributed by atoms with Crippen molar-refractivity contribution in [1.82, 2.24) is 4.90 Å². The van der Waals surface area contributed by atoms with Crippen LogP contribution in [-0.2, 0) is 9.59 Å². The lowest BCUT2D eigenvalue weighted by atomic mass is 10.0. The molecule has 1 rings (SSSR count). The van der Waals surface area contributed by atoms with Gasteiger partial charge in [-0.05, 0) is 5.92 Å². The average molecular weight is 259 g/mol. The summed E-state index contributed by atoms with van der Waals surface area (Å²) in [4.78, 5) is 24.6. The molecular formula is C12H21NO3S. The van der Waals surface area contributed by atoms with Gasteiger partial charge in [0.15, 0.2) is 0 Å². The molecule has 0 aromatic rings. The topological polar surface area (TPSA) is 57.6 Å². The second-order valence-corrected chi connectivity index (χ2v) is 5.78. The maximum atomic E-state index is 12.1. The van der Waals surface area contributed by atoms with Crippen molar-refractivity contribution < 1.29 is 14.7 Å². The molecule has 1 amide bonds. The van der Waals surface area contributed by atoms with Crippen LogP contribution in [0.4, 0.5) is 0 Å². The first-order chi connectivity index (χ1) is 8.04. The van der Waals surface area contributed by atoms with Gasteiger partial charge in [-0.25, -0.2) is 0 Å². The van der Waals surface area contributed by atoms with E-state index in [9.17, 15) is 9.59 Å². The van der Waals surface area contributed by atoms with Crippen LogP contribution in [0.15, 0.2) is 0 Å². The minimum Gasteiger partial charge on any atom is -0.481 e. The van der Waals surface area contributed by atoms with Crippen LogP contribution >= 0.6 is 11.8 Å². The average Bonchev–Trinajstić information content (AvgIpc) is 2.28. The van der Waals surface area contributed by atoms with E-state index >= 15 is 0 Å². The number of hydrogen-bond donors (Lipinski definition) is 1. The van der Waals surface area contributed by atoms with E-state index in [0.717, 1.165) is 17.9 Å². The molecule has 0 aliphatic carbocycles. The quantitative estimate of drug-likeness (QED) is 0.818. The highest BCUT2D eigenvalue weighted by molar-refractivity contribution is 7.99. The van der Waals surface area contributed by atoms with Crippen LogP contribution in [0.5, 0.6) is 0 Å². The lowest BCUT2D eigenvalue weighted by molar-refractivity contribution is -0.140. The number of carbonyl (C=O) groups excluding carboxylic acids is 1. The first-order valence-electron chi connectivity index (χ1n) is 6.13. The molecule has 0 saturated carbocycles. The number of thioether (sulfide) groups is 1. The molecular weight excluding hydrogens is 238 g/mol. The highest BCUT2D eigenvalue weighted by Crippen LogP contribution is 2.21. The lowest BCUT2D eigenvalue weighted by Crippen LogP contribution is -2.47. The van der Waals surface area contributed by atoms with Crippen LogP contribution in [0.1, 0.15) is 33.1 Å². The molecule has 1 N–H and O–H groups in total. The molecule has 0 radical (unpaired) electrons. The summed E-state index contributed by atoms with van der Waals surface area (Å²) < 4.78 is 0. The summed E-state index contributed by atoms with van der Waals surface area (Å²) in [6, 6.07) is -0.122. The van der Waals surface area contributed by atoms with E-state index in [1.807, 2.05) is 0 Å². The van der Waals surface area contributed by atoms with E-state index in [-0.39, 0.29) is 18.4 Å². The van der Waals surface area contributed by atoms with Crippen molar-refractivity contribution in [2.45, 2.75) is 39.2 Å². The minimum atomic E-state index is -0.821. The molecule has 5 heteroatoms. The molecule has 1 aliphatic heterocycles. The second-order valence-electron chi connectivity index (χ2n) is 4.63. The Balaban J connectivity index is 2.57. The van der Waals surface area contributed by atoms with Crippen LogP contribution in [0.3, 0.4) is 0 Å². The Kier molecular flexibility index (Phi) is 5.82. The van der Waals surface area contributed by atoms with Gasteiger partial charge in [0.1, 0.15) is 0 Å². The van der Waals surface area contributed by atoms with E-state index in [2.05, 4.69) is 13.8 Å². The lowest BCUT2D eigenvalue weighted by Gasteiger charge is -2.35. The van der Waals surface area contributed by atoms with Gasteiger partial charge in [-0.1, -0.05) is 20.3 Å². The van der Waals surface area contributed by atoms with E-state index < -0.39 is 5.97 Å². The number of aliphatic carboxylic acids is 1. The molecule has 4 nitrogen and oxygen atoms in total. The number of carbonyl (C=O) groups is 2. The zero-order valence-electron chi connectivity index (χ0n) is 10.5. The summed E-state index contributed by atoms with van der Waals surface area (Å²) in [5.74, 6) is 1.34. The van der Waals surface area contributed by atoms with E-state index in [1.54, 1.807) is 16.7 Å². The molecule has 2 unspecified atom stereocenters. The van der Waals surface area contributed by atoms with Crippen LogP contribution in [0.25, 0.3) is 0 Å². The van der Waals surface area contributed by atoms with Gasteiger partial charge >= 0.3 is 5.97 Å². The summed E-state index contributed by atoms with van der Waals surface area (Å²) in [5, 5.41) is 8.85. The fourth-order valence-corrected chi connectivity index (χ4v) is 2.98. The zero-order chi connectivity index (χ0) is 12.8. The number of carboxylic acid groups (broad SMARTS) is 1. The van der Waals surface area contributed by atoms with Crippen molar-refractivity contribution in [2.24, 2.45) is 5.92 Å². The van der Waals surface area contributed by atoms with Crippen molar-refractivity contribution in [3.8, 4) is 0 Å². The molecule has 1 fully saturated rings. The minimum absolute atomic E-state index is 0.0687. The molecule has 1 aliphatic rings. The fourth-order valence-electron chi connectivity index (χ4n) is 1.91. The van der Waals surface area contributed by atoms with Crippen LogP contribution in [-0.4, -0.2) is 46.0 Å².